The number of aromatic nitrogens is 2. The third-order valence-corrected chi connectivity index (χ3v) is 2.16. The van der Waals surface area contributed by atoms with Crippen molar-refractivity contribution in [2.75, 3.05) is 5.73 Å². The van der Waals surface area contributed by atoms with Crippen LogP contribution in [0, 0.1) is 0 Å². The van der Waals surface area contributed by atoms with Gasteiger partial charge in [0.2, 0.25) is 0 Å². The van der Waals surface area contributed by atoms with Gasteiger partial charge in [-0.2, -0.15) is 13.2 Å². The monoisotopic (exact) mass is 275 g/mol. The fourth-order valence-corrected chi connectivity index (χ4v) is 1.34. The Morgan fingerprint density at radius 3 is 2.33 bits per heavy atom. The van der Waals surface area contributed by atoms with Crippen molar-refractivity contribution < 1.29 is 13.2 Å². The first kappa shape index (κ1) is 14.2. The molecule has 0 unspecified atom stereocenters. The number of anilines is 1. The second-order valence-corrected chi connectivity index (χ2v) is 3.41. The van der Waals surface area contributed by atoms with Gasteiger partial charge in [0.25, 0.3) is 0 Å². The van der Waals surface area contributed by atoms with Crippen LogP contribution in [0.2, 0.25) is 0 Å². The normalized spacial score (nSPS) is 10.8. The molecule has 2 rings (SSSR count). The van der Waals surface area contributed by atoms with Crippen molar-refractivity contribution in [1.82, 2.24) is 9.97 Å². The molecule has 1 heterocycles. The average molecular weight is 276 g/mol. The number of alkyl halides is 3. The maximum Gasteiger partial charge on any atom is 0.416 e. The number of nitrogens with two attached hydrogens (primary N) is 1. The molecule has 0 aliphatic heterocycles. The summed E-state index contributed by atoms with van der Waals surface area (Å²) in [5, 5.41) is 0. The Bertz CT molecular complexity index is 526. The number of halogens is 4. The molecule has 0 atom stereocenters. The molecule has 0 saturated heterocycles. The van der Waals surface area contributed by atoms with Crippen molar-refractivity contribution in [2.24, 2.45) is 0 Å². The SMILES string of the molecule is Cl.Nc1cnc(-c2cccc(C(F)(F)F)c2)cn1. The standard InChI is InChI=1S/C11H8F3N3.ClH/c12-11(13,14)8-3-1-2-7(4-8)9-5-17-10(15)6-16-9;/h1-6H,(H2,15,17);1H. The summed E-state index contributed by atoms with van der Waals surface area (Å²) in [5.74, 6) is 0.223. The highest BCUT2D eigenvalue weighted by atomic mass is 35.5. The lowest BCUT2D eigenvalue weighted by molar-refractivity contribution is -0.137. The van der Waals surface area contributed by atoms with E-state index in [0.29, 0.717) is 11.3 Å². The molecule has 0 aliphatic carbocycles. The van der Waals surface area contributed by atoms with Crippen LogP contribution in [-0.4, -0.2) is 9.97 Å². The van der Waals surface area contributed by atoms with Gasteiger partial charge in [0, 0.05) is 5.56 Å². The van der Waals surface area contributed by atoms with Crippen LogP contribution in [0.4, 0.5) is 19.0 Å². The first-order valence-corrected chi connectivity index (χ1v) is 4.72. The van der Waals surface area contributed by atoms with Gasteiger partial charge in [0.05, 0.1) is 23.7 Å². The molecule has 0 amide bonds. The average Bonchev–Trinajstić information content (AvgIpc) is 2.29. The van der Waals surface area contributed by atoms with Gasteiger partial charge in [0.1, 0.15) is 5.82 Å². The van der Waals surface area contributed by atoms with Crippen LogP contribution < -0.4 is 5.73 Å². The predicted octanol–water partition coefficient (Wildman–Crippen LogP) is 3.17. The van der Waals surface area contributed by atoms with Crippen molar-refractivity contribution in [2.45, 2.75) is 6.18 Å². The molecule has 0 aliphatic rings. The summed E-state index contributed by atoms with van der Waals surface area (Å²) >= 11 is 0. The Balaban J connectivity index is 0.00000162. The van der Waals surface area contributed by atoms with Crippen LogP contribution in [0.1, 0.15) is 5.56 Å². The van der Waals surface area contributed by atoms with Crippen LogP contribution in [0.25, 0.3) is 11.3 Å². The van der Waals surface area contributed by atoms with Gasteiger partial charge >= 0.3 is 6.18 Å². The minimum atomic E-state index is -4.36. The first-order chi connectivity index (χ1) is 7.97. The highest BCUT2D eigenvalue weighted by Gasteiger charge is 2.30. The molecular weight excluding hydrogens is 267 g/mol. The van der Waals surface area contributed by atoms with Crippen LogP contribution in [0.3, 0.4) is 0 Å². The van der Waals surface area contributed by atoms with E-state index in [1.54, 1.807) is 0 Å². The van der Waals surface area contributed by atoms with Gasteiger partial charge < -0.3 is 5.73 Å². The second-order valence-electron chi connectivity index (χ2n) is 3.41. The van der Waals surface area contributed by atoms with E-state index in [-0.39, 0.29) is 18.2 Å². The number of benzene rings is 1. The molecule has 2 N–H and O–H groups in total. The van der Waals surface area contributed by atoms with Crippen LogP contribution in [0.5, 0.6) is 0 Å². The second kappa shape index (κ2) is 5.22. The zero-order chi connectivity index (χ0) is 12.5. The Kier molecular flexibility index (Phi) is 4.13. The number of nitrogen functional groups attached to an aromatic ring is 1. The molecule has 0 bridgehead atoms. The van der Waals surface area contributed by atoms with Gasteiger partial charge in [-0.15, -0.1) is 12.4 Å². The van der Waals surface area contributed by atoms with E-state index in [2.05, 4.69) is 9.97 Å². The molecule has 2 aromatic rings. The van der Waals surface area contributed by atoms with E-state index < -0.39 is 11.7 Å². The third kappa shape index (κ3) is 3.10. The minimum Gasteiger partial charge on any atom is -0.382 e. The summed E-state index contributed by atoms with van der Waals surface area (Å²) < 4.78 is 37.5. The van der Waals surface area contributed by atoms with Crippen molar-refractivity contribution in [3.8, 4) is 11.3 Å². The van der Waals surface area contributed by atoms with Gasteiger partial charge in [-0.3, -0.25) is 4.98 Å². The van der Waals surface area contributed by atoms with Gasteiger partial charge in [-0.1, -0.05) is 12.1 Å². The Labute approximate surface area is 107 Å². The quantitative estimate of drug-likeness (QED) is 0.870. The molecule has 7 heteroatoms. The summed E-state index contributed by atoms with van der Waals surface area (Å²) in [6.45, 7) is 0. The van der Waals surface area contributed by atoms with E-state index >= 15 is 0 Å². The molecule has 0 saturated carbocycles. The van der Waals surface area contributed by atoms with Crippen molar-refractivity contribution >= 4 is 18.2 Å². The maximum atomic E-state index is 12.5. The van der Waals surface area contributed by atoms with E-state index in [9.17, 15) is 13.2 Å². The van der Waals surface area contributed by atoms with Crippen LogP contribution >= 0.6 is 12.4 Å². The number of rotatable bonds is 1. The van der Waals surface area contributed by atoms with E-state index in [1.807, 2.05) is 0 Å². The highest BCUT2D eigenvalue weighted by Crippen LogP contribution is 2.31. The lowest BCUT2D eigenvalue weighted by atomic mass is 10.1. The summed E-state index contributed by atoms with van der Waals surface area (Å²) in [5.41, 5.74) is 5.34. The number of hydrogen-bond donors (Lipinski definition) is 1. The molecular formula is C11H9ClF3N3. The maximum absolute atomic E-state index is 12.5. The zero-order valence-corrected chi connectivity index (χ0v) is 9.79. The van der Waals surface area contributed by atoms with Crippen molar-refractivity contribution in [1.29, 1.82) is 0 Å². The topological polar surface area (TPSA) is 51.8 Å². The van der Waals surface area contributed by atoms with Gasteiger partial charge in [0.15, 0.2) is 0 Å². The Morgan fingerprint density at radius 2 is 1.78 bits per heavy atom. The van der Waals surface area contributed by atoms with E-state index in [0.717, 1.165) is 12.1 Å². The smallest absolute Gasteiger partial charge is 0.382 e. The van der Waals surface area contributed by atoms with Crippen molar-refractivity contribution in [3.05, 3.63) is 42.2 Å². The zero-order valence-electron chi connectivity index (χ0n) is 8.98. The molecule has 3 nitrogen and oxygen atoms in total. The predicted molar refractivity (Wildman–Crippen MR) is 64.1 cm³/mol. The minimum absolute atomic E-state index is 0. The van der Waals surface area contributed by atoms with Crippen LogP contribution in [-0.2, 0) is 6.18 Å². The molecule has 0 spiro atoms. The first-order valence-electron chi connectivity index (χ1n) is 4.72. The summed E-state index contributed by atoms with van der Waals surface area (Å²) in [4.78, 5) is 7.70. The highest BCUT2D eigenvalue weighted by molar-refractivity contribution is 5.85. The number of hydrogen-bond acceptors (Lipinski definition) is 3. The molecule has 1 aromatic heterocycles. The summed E-state index contributed by atoms with van der Waals surface area (Å²) in [6, 6.07) is 4.90. The fraction of sp³-hybridized carbons (Fsp3) is 0.0909. The summed E-state index contributed by atoms with van der Waals surface area (Å²) in [6.07, 6.45) is -1.72. The largest absolute Gasteiger partial charge is 0.416 e. The molecule has 0 fully saturated rings. The molecule has 18 heavy (non-hydrogen) atoms. The Morgan fingerprint density at radius 1 is 1.06 bits per heavy atom. The van der Waals surface area contributed by atoms with Crippen LogP contribution in [0.15, 0.2) is 36.7 Å². The fourth-order valence-electron chi connectivity index (χ4n) is 1.34. The van der Waals surface area contributed by atoms with E-state index in [4.69, 9.17) is 5.73 Å². The molecule has 96 valence electrons. The number of nitrogens with zero attached hydrogens (tertiary/aromatic N) is 2. The third-order valence-electron chi connectivity index (χ3n) is 2.16. The van der Waals surface area contributed by atoms with Crippen molar-refractivity contribution in [3.63, 3.8) is 0 Å². The molecule has 0 radical (unpaired) electrons. The molecule has 1 aromatic carbocycles. The Hall–Kier alpha value is -1.82. The summed E-state index contributed by atoms with van der Waals surface area (Å²) in [7, 11) is 0. The van der Waals surface area contributed by atoms with Gasteiger partial charge in [-0.05, 0) is 12.1 Å². The van der Waals surface area contributed by atoms with Gasteiger partial charge in [-0.25, -0.2) is 4.98 Å². The lowest BCUT2D eigenvalue weighted by Gasteiger charge is -2.08. The van der Waals surface area contributed by atoms with E-state index in [1.165, 1.54) is 24.5 Å². The lowest BCUT2D eigenvalue weighted by Crippen LogP contribution is -2.04.